The largest absolute Gasteiger partial charge is 0.369 e. The summed E-state index contributed by atoms with van der Waals surface area (Å²) in [6.07, 6.45) is 4.72. The summed E-state index contributed by atoms with van der Waals surface area (Å²) in [5, 5.41) is 8.43. The van der Waals surface area contributed by atoms with Gasteiger partial charge in [0, 0.05) is 56.1 Å². The van der Waals surface area contributed by atoms with Crippen molar-refractivity contribution in [1.29, 1.82) is 0 Å². The van der Waals surface area contributed by atoms with Crippen LogP contribution < -0.4 is 15.8 Å². The number of hydrogen-bond donors (Lipinski definition) is 1. The quantitative estimate of drug-likeness (QED) is 0.334. The van der Waals surface area contributed by atoms with Gasteiger partial charge < -0.3 is 15.1 Å². The Kier molecular flexibility index (Phi) is 6.15. The minimum Gasteiger partial charge on any atom is -0.369 e. The maximum absolute atomic E-state index is 13.3. The van der Waals surface area contributed by atoms with Crippen LogP contribution in [0.2, 0.25) is 0 Å². The number of carbonyl (C=O) groups excluding carboxylic acids is 1. The van der Waals surface area contributed by atoms with E-state index in [1.807, 2.05) is 12.1 Å². The zero-order valence-corrected chi connectivity index (χ0v) is 21.8. The summed E-state index contributed by atoms with van der Waals surface area (Å²) in [4.78, 5) is 43.8. The summed E-state index contributed by atoms with van der Waals surface area (Å²) in [6.45, 7) is 9.52. The van der Waals surface area contributed by atoms with Crippen molar-refractivity contribution in [3.05, 3.63) is 71.8 Å². The van der Waals surface area contributed by atoms with Gasteiger partial charge >= 0.3 is 0 Å². The molecular formula is C27H28N10O2. The van der Waals surface area contributed by atoms with Crippen LogP contribution in [0.4, 0.5) is 17.3 Å². The van der Waals surface area contributed by atoms with Crippen LogP contribution in [0.1, 0.15) is 11.7 Å². The summed E-state index contributed by atoms with van der Waals surface area (Å²) >= 11 is 0. The first-order chi connectivity index (χ1) is 18.9. The number of likely N-dealkylation sites (N-methyl/N-ethyl adjacent to an activating group) is 1. The highest BCUT2D eigenvalue weighted by atomic mass is 16.2. The van der Waals surface area contributed by atoms with Crippen LogP contribution in [0.3, 0.4) is 0 Å². The first-order valence-electron chi connectivity index (χ1n) is 12.7. The Morgan fingerprint density at radius 3 is 2.51 bits per heavy atom. The molecule has 0 saturated carbocycles. The van der Waals surface area contributed by atoms with Gasteiger partial charge in [-0.05, 0) is 43.4 Å². The molecular weight excluding hydrogens is 496 g/mol. The van der Waals surface area contributed by atoms with Gasteiger partial charge in [-0.25, -0.2) is 19.3 Å². The Morgan fingerprint density at radius 2 is 1.79 bits per heavy atom. The van der Waals surface area contributed by atoms with E-state index < -0.39 is 0 Å². The van der Waals surface area contributed by atoms with Crippen molar-refractivity contribution in [1.82, 2.24) is 39.0 Å². The lowest BCUT2D eigenvalue weighted by Crippen LogP contribution is -2.44. The monoisotopic (exact) mass is 524 g/mol. The van der Waals surface area contributed by atoms with Gasteiger partial charge in [0.15, 0.2) is 17.1 Å². The first kappa shape index (κ1) is 24.5. The average Bonchev–Trinajstić information content (AvgIpc) is 3.48. The Morgan fingerprint density at radius 1 is 1.03 bits per heavy atom. The lowest BCUT2D eigenvalue weighted by molar-refractivity contribution is 0.0926. The summed E-state index contributed by atoms with van der Waals surface area (Å²) in [6, 6.07) is 11.7. The number of anilines is 3. The number of piperazine rings is 1. The van der Waals surface area contributed by atoms with Crippen molar-refractivity contribution in [2.75, 3.05) is 43.4 Å². The van der Waals surface area contributed by atoms with Gasteiger partial charge in [-0.3, -0.25) is 9.59 Å². The number of carbonyl (C=O) groups is 1. The molecule has 0 spiro atoms. The molecule has 12 nitrogen and oxygen atoms in total. The van der Waals surface area contributed by atoms with E-state index in [1.54, 1.807) is 29.1 Å². The second-order valence-corrected chi connectivity index (χ2v) is 9.54. The van der Waals surface area contributed by atoms with Gasteiger partial charge in [-0.1, -0.05) is 6.08 Å². The molecule has 0 aliphatic carbocycles. The second kappa shape index (κ2) is 9.80. The molecule has 1 aromatic carbocycles. The summed E-state index contributed by atoms with van der Waals surface area (Å²) < 4.78 is 4.34. The third kappa shape index (κ3) is 4.44. The molecule has 0 atom stereocenters. The van der Waals surface area contributed by atoms with Gasteiger partial charge in [0.05, 0.1) is 12.7 Å². The Balaban J connectivity index is 1.38. The maximum Gasteiger partial charge on any atom is 0.278 e. The van der Waals surface area contributed by atoms with Gasteiger partial charge in [0.2, 0.25) is 11.9 Å². The van der Waals surface area contributed by atoms with Crippen molar-refractivity contribution in [3.8, 4) is 5.82 Å². The molecule has 1 N–H and O–H groups in total. The number of benzene rings is 1. The Bertz CT molecular complexity index is 1760. The zero-order chi connectivity index (χ0) is 27.1. The van der Waals surface area contributed by atoms with Crippen LogP contribution >= 0.6 is 0 Å². The predicted molar refractivity (Wildman–Crippen MR) is 150 cm³/mol. The number of aromatic nitrogens is 7. The highest BCUT2D eigenvalue weighted by Gasteiger charge is 2.19. The molecule has 39 heavy (non-hydrogen) atoms. The lowest BCUT2D eigenvalue weighted by Gasteiger charge is -2.34. The van der Waals surface area contributed by atoms with E-state index in [-0.39, 0.29) is 18.0 Å². The van der Waals surface area contributed by atoms with Crippen molar-refractivity contribution >= 4 is 45.3 Å². The molecule has 1 aliphatic heterocycles. The lowest BCUT2D eigenvalue weighted by atomic mass is 10.2. The molecule has 1 saturated heterocycles. The molecule has 1 aliphatic rings. The molecule has 0 radical (unpaired) electrons. The second-order valence-electron chi connectivity index (χ2n) is 9.54. The van der Waals surface area contributed by atoms with E-state index in [4.69, 9.17) is 4.98 Å². The topological polar surface area (TPSA) is 119 Å². The van der Waals surface area contributed by atoms with Crippen molar-refractivity contribution in [3.63, 3.8) is 0 Å². The van der Waals surface area contributed by atoms with E-state index in [0.29, 0.717) is 33.8 Å². The van der Waals surface area contributed by atoms with E-state index in [0.717, 1.165) is 31.9 Å². The number of nitrogens with zero attached hydrogens (tertiary/aromatic N) is 9. The Labute approximate surface area is 223 Å². The maximum atomic E-state index is 13.3. The van der Waals surface area contributed by atoms with Gasteiger partial charge in [-0.2, -0.15) is 14.8 Å². The van der Waals surface area contributed by atoms with Crippen LogP contribution in [0.5, 0.6) is 0 Å². The molecule has 12 heteroatoms. The van der Waals surface area contributed by atoms with Crippen LogP contribution in [0, 0.1) is 0 Å². The molecule has 6 rings (SSSR count). The van der Waals surface area contributed by atoms with Crippen molar-refractivity contribution in [2.24, 2.45) is 0 Å². The molecule has 0 amide bonds. The molecule has 0 bridgehead atoms. The fourth-order valence-electron chi connectivity index (χ4n) is 4.80. The van der Waals surface area contributed by atoms with E-state index in [1.165, 1.54) is 28.2 Å². The number of hydrogen-bond acceptors (Lipinski definition) is 9. The normalized spacial score (nSPS) is 14.3. The molecule has 5 aromatic rings. The summed E-state index contributed by atoms with van der Waals surface area (Å²) in [5.41, 5.74) is 2.51. The van der Waals surface area contributed by atoms with Gasteiger partial charge in [0.25, 0.3) is 5.56 Å². The SMILES string of the molecule is C=CCn1c(=O)c2cnc(Nc3ccc(N4CCN(C)CC4)cc3)nc2n1-c1ccc2cnn(C(C)=O)c2n1. The summed E-state index contributed by atoms with van der Waals surface area (Å²) in [5.74, 6) is 0.498. The van der Waals surface area contributed by atoms with Crippen molar-refractivity contribution in [2.45, 2.75) is 13.5 Å². The molecule has 5 heterocycles. The fourth-order valence-corrected chi connectivity index (χ4v) is 4.80. The van der Waals surface area contributed by atoms with Gasteiger partial charge in [0.1, 0.15) is 5.39 Å². The third-order valence-corrected chi connectivity index (χ3v) is 6.89. The molecule has 4 aromatic heterocycles. The number of allylic oxidation sites excluding steroid dienone is 1. The van der Waals surface area contributed by atoms with Crippen LogP contribution in [-0.4, -0.2) is 78.1 Å². The predicted octanol–water partition coefficient (Wildman–Crippen LogP) is 2.67. The van der Waals surface area contributed by atoms with E-state index >= 15 is 0 Å². The fraction of sp³-hybridized carbons (Fsp3) is 0.259. The van der Waals surface area contributed by atoms with Crippen molar-refractivity contribution < 1.29 is 4.79 Å². The van der Waals surface area contributed by atoms with Gasteiger partial charge in [-0.15, -0.1) is 6.58 Å². The number of pyridine rings is 1. The number of rotatable bonds is 6. The Hall–Kier alpha value is -4.84. The molecule has 1 fully saturated rings. The molecule has 0 unspecified atom stereocenters. The number of nitrogens with one attached hydrogen (secondary N) is 1. The number of fused-ring (bicyclic) bond motifs is 2. The minimum absolute atomic E-state index is 0.234. The average molecular weight is 525 g/mol. The zero-order valence-electron chi connectivity index (χ0n) is 21.8. The highest BCUT2D eigenvalue weighted by Crippen LogP contribution is 2.23. The van der Waals surface area contributed by atoms with Crippen LogP contribution in [0.25, 0.3) is 27.9 Å². The van der Waals surface area contributed by atoms with Crippen LogP contribution in [-0.2, 0) is 6.54 Å². The van der Waals surface area contributed by atoms with E-state index in [2.05, 4.69) is 55.9 Å². The molecule has 198 valence electrons. The third-order valence-electron chi connectivity index (χ3n) is 6.89. The van der Waals surface area contributed by atoms with Crippen LogP contribution in [0.15, 0.2) is 66.2 Å². The highest BCUT2D eigenvalue weighted by molar-refractivity contribution is 5.88. The first-order valence-corrected chi connectivity index (χ1v) is 12.7. The van der Waals surface area contributed by atoms with E-state index in [9.17, 15) is 9.59 Å². The summed E-state index contributed by atoms with van der Waals surface area (Å²) in [7, 11) is 2.14. The minimum atomic E-state index is -0.269. The smallest absolute Gasteiger partial charge is 0.278 e. The standard InChI is InChI=1S/C27H28N10O2/c1-4-11-35-26(39)22-17-28-27(30-20-6-8-21(9-7-20)34-14-12-33(3)13-15-34)32-25(22)37(35)23-10-5-19-16-29-36(18(2)38)24(19)31-23/h4-10,16-17H,1,11-15H2,2-3H3,(H,28,30,32).